The Hall–Kier alpha value is -0.800. The molecule has 0 aliphatic heterocycles. The summed E-state index contributed by atoms with van der Waals surface area (Å²) >= 11 is 12.5. The summed E-state index contributed by atoms with van der Waals surface area (Å²) in [7, 11) is 1.45. The van der Waals surface area contributed by atoms with Crippen LogP contribution in [0, 0.1) is 3.57 Å². The third-order valence-corrected chi connectivity index (χ3v) is 3.64. The molecule has 0 aliphatic rings. The summed E-state index contributed by atoms with van der Waals surface area (Å²) in [6.07, 6.45) is 1.44. The number of nitrogens with zero attached hydrogens (tertiary/aromatic N) is 1. The van der Waals surface area contributed by atoms with Crippen LogP contribution in [-0.4, -0.2) is 23.5 Å². The zero-order valence-electron chi connectivity index (χ0n) is 8.70. The highest BCUT2D eigenvalue weighted by atomic mass is 127. The minimum atomic E-state index is -0.00226. The van der Waals surface area contributed by atoms with E-state index in [-0.39, 0.29) is 10.9 Å². The second kappa shape index (κ2) is 6.22. The van der Waals surface area contributed by atoms with E-state index in [0.717, 1.165) is 0 Å². The first-order valence-corrected chi connectivity index (χ1v) is 6.17. The summed E-state index contributed by atoms with van der Waals surface area (Å²) < 4.78 is 5.49. The van der Waals surface area contributed by atoms with Gasteiger partial charge in [-0.3, -0.25) is 5.43 Å². The van der Waals surface area contributed by atoms with Crippen LogP contribution in [-0.2, 0) is 0 Å². The molecule has 0 radical (unpaired) electrons. The summed E-state index contributed by atoms with van der Waals surface area (Å²) in [5, 5.41) is 13.9. The molecule has 0 fully saturated rings. The average molecular weight is 386 g/mol. The number of nitrogens with two attached hydrogens (primary N) is 1. The number of hydrogen-bond acceptors (Lipinski definition) is 4. The van der Waals surface area contributed by atoms with Crippen molar-refractivity contribution in [2.45, 2.75) is 0 Å². The first-order chi connectivity index (χ1) is 7.97. The molecule has 0 heterocycles. The van der Waals surface area contributed by atoms with Gasteiger partial charge in [0.1, 0.15) is 0 Å². The topological polar surface area (TPSA) is 79.9 Å². The summed E-state index contributed by atoms with van der Waals surface area (Å²) in [5.41, 5.74) is 8.20. The highest BCUT2D eigenvalue weighted by molar-refractivity contribution is 14.1. The van der Waals surface area contributed by atoms with Crippen LogP contribution in [0.4, 0.5) is 0 Å². The van der Waals surface area contributed by atoms with E-state index in [2.05, 4.69) is 22.7 Å². The number of benzene rings is 1. The number of thiocarbonyl (C=S) groups is 1. The summed E-state index contributed by atoms with van der Waals surface area (Å²) in [6.45, 7) is 0. The number of phenols is 1. The van der Waals surface area contributed by atoms with Gasteiger partial charge in [-0.25, -0.2) is 0 Å². The number of phenolic OH excluding ortho intramolecular Hbond substituents is 1. The van der Waals surface area contributed by atoms with Crippen LogP contribution in [0.1, 0.15) is 5.56 Å². The van der Waals surface area contributed by atoms with Crippen LogP contribution in [0.5, 0.6) is 11.5 Å². The lowest BCUT2D eigenvalue weighted by molar-refractivity contribution is 0.371. The molecule has 0 amide bonds. The van der Waals surface area contributed by atoms with Crippen molar-refractivity contribution in [3.8, 4) is 11.5 Å². The highest BCUT2D eigenvalue weighted by Gasteiger charge is 2.13. The molecule has 0 bridgehead atoms. The second-order valence-electron chi connectivity index (χ2n) is 2.88. The van der Waals surface area contributed by atoms with Gasteiger partial charge in [-0.2, -0.15) is 5.10 Å². The Morgan fingerprint density at radius 3 is 2.94 bits per heavy atom. The van der Waals surface area contributed by atoms with Crippen molar-refractivity contribution in [2.75, 3.05) is 7.11 Å². The minimum Gasteiger partial charge on any atom is -0.503 e. The van der Waals surface area contributed by atoms with Crippen LogP contribution in [0.2, 0.25) is 5.02 Å². The van der Waals surface area contributed by atoms with Crippen LogP contribution in [0.25, 0.3) is 0 Å². The number of hydrazone groups is 1. The summed E-state index contributed by atoms with van der Waals surface area (Å²) in [6, 6.07) is 1.56. The fourth-order valence-electron chi connectivity index (χ4n) is 1.03. The lowest BCUT2D eigenvalue weighted by atomic mass is 10.2. The van der Waals surface area contributed by atoms with E-state index in [1.54, 1.807) is 6.07 Å². The number of nitrogens with one attached hydrogen (secondary N) is 1. The predicted octanol–water partition coefficient (Wildman–Crippen LogP) is 1.83. The van der Waals surface area contributed by atoms with Crippen molar-refractivity contribution < 1.29 is 9.84 Å². The molecule has 0 unspecified atom stereocenters. The highest BCUT2D eigenvalue weighted by Crippen LogP contribution is 2.37. The number of ether oxygens (including phenoxy) is 1. The molecule has 8 heteroatoms. The molecule has 0 aliphatic carbocycles. The van der Waals surface area contributed by atoms with Crippen molar-refractivity contribution in [1.82, 2.24) is 5.43 Å². The molecule has 92 valence electrons. The molecule has 1 aromatic carbocycles. The maximum absolute atomic E-state index is 9.70. The molecular weight excluding hydrogens is 377 g/mol. The molecule has 0 atom stereocenters. The van der Waals surface area contributed by atoms with Crippen molar-refractivity contribution in [3.05, 3.63) is 20.2 Å². The van der Waals surface area contributed by atoms with Crippen molar-refractivity contribution in [1.29, 1.82) is 0 Å². The van der Waals surface area contributed by atoms with Crippen LogP contribution in [0.3, 0.4) is 0 Å². The molecule has 0 saturated heterocycles. The zero-order chi connectivity index (χ0) is 13.0. The van der Waals surface area contributed by atoms with E-state index in [1.807, 2.05) is 22.6 Å². The molecule has 1 rings (SSSR count). The molecule has 0 saturated carbocycles. The fourth-order valence-corrected chi connectivity index (χ4v) is 1.85. The smallest absolute Gasteiger partial charge is 0.184 e. The molecule has 1 aromatic rings. The van der Waals surface area contributed by atoms with Gasteiger partial charge < -0.3 is 15.6 Å². The minimum absolute atomic E-state index is 0.00226. The van der Waals surface area contributed by atoms with E-state index in [1.165, 1.54) is 13.3 Å². The third kappa shape index (κ3) is 3.58. The Morgan fingerprint density at radius 1 is 1.76 bits per heavy atom. The first kappa shape index (κ1) is 14.3. The molecular formula is C9H9ClIN3O2S. The van der Waals surface area contributed by atoms with E-state index in [0.29, 0.717) is 19.9 Å². The maximum Gasteiger partial charge on any atom is 0.184 e. The fraction of sp³-hybridized carbons (Fsp3) is 0.111. The van der Waals surface area contributed by atoms with E-state index in [4.69, 9.17) is 22.1 Å². The van der Waals surface area contributed by atoms with Crippen LogP contribution >= 0.6 is 46.4 Å². The van der Waals surface area contributed by atoms with Gasteiger partial charge in [0.05, 0.1) is 21.9 Å². The largest absolute Gasteiger partial charge is 0.503 e. The lowest BCUT2D eigenvalue weighted by Gasteiger charge is -2.09. The van der Waals surface area contributed by atoms with Crippen LogP contribution in [0.15, 0.2) is 11.2 Å². The van der Waals surface area contributed by atoms with Gasteiger partial charge in [0.15, 0.2) is 16.6 Å². The Kier molecular flexibility index (Phi) is 5.22. The average Bonchev–Trinajstić information content (AvgIpc) is 2.29. The number of aromatic hydroxyl groups is 1. The van der Waals surface area contributed by atoms with Crippen LogP contribution < -0.4 is 15.9 Å². The Balaban J connectivity index is 3.12. The Labute approximate surface area is 122 Å². The zero-order valence-corrected chi connectivity index (χ0v) is 12.4. The lowest BCUT2D eigenvalue weighted by Crippen LogP contribution is -2.24. The monoisotopic (exact) mass is 385 g/mol. The molecule has 0 aromatic heterocycles. The second-order valence-corrected chi connectivity index (χ2v) is 4.78. The van der Waals surface area contributed by atoms with E-state index in [9.17, 15) is 5.11 Å². The number of halogens is 2. The SMILES string of the molecule is COc1cc(/C=N/NC(N)=S)c(Cl)c(I)c1O. The van der Waals surface area contributed by atoms with Gasteiger partial charge >= 0.3 is 0 Å². The van der Waals surface area contributed by atoms with Gasteiger partial charge in [0.2, 0.25) is 0 Å². The van der Waals surface area contributed by atoms with Gasteiger partial charge in [-0.05, 0) is 40.9 Å². The first-order valence-electron chi connectivity index (χ1n) is 4.30. The van der Waals surface area contributed by atoms with Gasteiger partial charge in [0, 0.05) is 5.56 Å². The van der Waals surface area contributed by atoms with Gasteiger partial charge in [-0.15, -0.1) is 0 Å². The number of rotatable bonds is 3. The molecule has 5 nitrogen and oxygen atoms in total. The maximum atomic E-state index is 9.70. The Bertz CT molecular complexity index is 482. The van der Waals surface area contributed by atoms with Crippen molar-refractivity contribution >= 4 is 57.7 Å². The standard InChI is InChI=1S/C9H9ClIN3O2S/c1-16-5-2-4(3-13-14-9(12)17)6(10)7(11)8(5)15/h2-3,15H,1H3,(H3,12,14,17)/b13-3+. The van der Waals surface area contributed by atoms with Gasteiger partial charge in [0.25, 0.3) is 0 Å². The Morgan fingerprint density at radius 2 is 2.41 bits per heavy atom. The van der Waals surface area contributed by atoms with E-state index >= 15 is 0 Å². The summed E-state index contributed by atoms with van der Waals surface area (Å²) in [5.74, 6) is 0.313. The summed E-state index contributed by atoms with van der Waals surface area (Å²) in [4.78, 5) is 0. The number of methoxy groups -OCH3 is 1. The molecule has 0 spiro atoms. The molecule has 4 N–H and O–H groups in total. The third-order valence-electron chi connectivity index (χ3n) is 1.77. The van der Waals surface area contributed by atoms with Gasteiger partial charge in [-0.1, -0.05) is 11.6 Å². The predicted molar refractivity (Wildman–Crippen MR) is 79.9 cm³/mol. The normalized spacial score (nSPS) is 10.5. The quantitative estimate of drug-likeness (QED) is 0.320. The van der Waals surface area contributed by atoms with Crippen molar-refractivity contribution in [2.24, 2.45) is 10.8 Å². The van der Waals surface area contributed by atoms with Crippen molar-refractivity contribution in [3.63, 3.8) is 0 Å². The van der Waals surface area contributed by atoms with E-state index < -0.39 is 0 Å². The number of hydrogen-bond donors (Lipinski definition) is 3. The molecule has 17 heavy (non-hydrogen) atoms.